The van der Waals surface area contributed by atoms with Crippen LogP contribution >= 0.6 is 7.14 Å². The second kappa shape index (κ2) is 10.4. The molecule has 0 aliphatic heterocycles. The van der Waals surface area contributed by atoms with Crippen LogP contribution in [0.25, 0.3) is 23.4 Å². The van der Waals surface area contributed by atoms with Crippen molar-refractivity contribution in [3.63, 3.8) is 0 Å². The zero-order chi connectivity index (χ0) is 25.0. The Morgan fingerprint density at radius 3 is 2.40 bits per heavy atom. The summed E-state index contributed by atoms with van der Waals surface area (Å²) >= 11 is 0. The van der Waals surface area contributed by atoms with E-state index in [9.17, 15) is 4.57 Å². The molecule has 2 aromatic heterocycles. The Morgan fingerprint density at radius 2 is 1.74 bits per heavy atom. The van der Waals surface area contributed by atoms with E-state index in [-0.39, 0.29) is 6.01 Å². The standard InChI is InChI=1S/C26H30N5O3P/c1-18-7-6-8-19(2)22(18)13-14-31-17-27-23-24(29-26(30-25(23)31)34-16-15-33-3)28-20-9-11-21(12-10-20)35(4,5)32/h6-14,17H,15-16H2,1-5H3,(H,28,29,30). The summed E-state index contributed by atoms with van der Waals surface area (Å²) in [5, 5.41) is 4.13. The molecular weight excluding hydrogens is 461 g/mol. The summed E-state index contributed by atoms with van der Waals surface area (Å²) < 4.78 is 25.0. The van der Waals surface area contributed by atoms with Gasteiger partial charge in [-0.25, -0.2) is 4.98 Å². The molecule has 2 aromatic carbocycles. The Labute approximate surface area is 205 Å². The molecule has 0 fully saturated rings. The van der Waals surface area contributed by atoms with Gasteiger partial charge < -0.3 is 19.4 Å². The van der Waals surface area contributed by atoms with Gasteiger partial charge in [-0.2, -0.15) is 9.97 Å². The van der Waals surface area contributed by atoms with Gasteiger partial charge in [-0.15, -0.1) is 0 Å². The molecule has 8 nitrogen and oxygen atoms in total. The summed E-state index contributed by atoms with van der Waals surface area (Å²) in [5.74, 6) is 0.519. The minimum atomic E-state index is -2.33. The molecule has 0 spiro atoms. The predicted molar refractivity (Wildman–Crippen MR) is 143 cm³/mol. The third-order valence-corrected chi connectivity index (χ3v) is 7.16. The SMILES string of the molecule is COCCOc1nc(Nc2ccc(P(C)(C)=O)cc2)c2ncn(C=Cc3c(C)cccc3C)c2n1. The highest BCUT2D eigenvalue weighted by Crippen LogP contribution is 2.35. The number of benzene rings is 2. The van der Waals surface area contributed by atoms with Crippen LogP contribution in [0, 0.1) is 13.8 Å². The van der Waals surface area contributed by atoms with Gasteiger partial charge in [0.1, 0.15) is 20.1 Å². The molecule has 0 amide bonds. The fourth-order valence-corrected chi connectivity index (χ4v) is 4.53. The fraction of sp³-hybridized carbons (Fsp3) is 0.269. The van der Waals surface area contributed by atoms with E-state index >= 15 is 0 Å². The highest BCUT2D eigenvalue weighted by atomic mass is 31.2. The summed E-state index contributed by atoms with van der Waals surface area (Å²) in [6.07, 6.45) is 5.70. The first-order valence-corrected chi connectivity index (χ1v) is 13.9. The summed E-state index contributed by atoms with van der Waals surface area (Å²) in [6.45, 7) is 8.44. The minimum Gasteiger partial charge on any atom is -0.461 e. The van der Waals surface area contributed by atoms with Crippen LogP contribution in [-0.2, 0) is 9.30 Å². The van der Waals surface area contributed by atoms with E-state index in [0.717, 1.165) is 16.6 Å². The molecule has 182 valence electrons. The van der Waals surface area contributed by atoms with Crippen LogP contribution in [0.1, 0.15) is 16.7 Å². The van der Waals surface area contributed by atoms with E-state index in [2.05, 4.69) is 58.4 Å². The second-order valence-corrected chi connectivity index (χ2v) is 11.9. The van der Waals surface area contributed by atoms with Crippen molar-refractivity contribution in [2.24, 2.45) is 0 Å². The molecule has 35 heavy (non-hydrogen) atoms. The zero-order valence-electron chi connectivity index (χ0n) is 20.6. The van der Waals surface area contributed by atoms with Gasteiger partial charge in [-0.05, 0) is 74.2 Å². The van der Waals surface area contributed by atoms with Gasteiger partial charge in [-0.3, -0.25) is 4.57 Å². The van der Waals surface area contributed by atoms with Gasteiger partial charge in [0.05, 0.1) is 6.61 Å². The van der Waals surface area contributed by atoms with Crippen molar-refractivity contribution in [3.8, 4) is 6.01 Å². The number of fused-ring (bicyclic) bond motifs is 1. The smallest absolute Gasteiger partial charge is 0.320 e. The van der Waals surface area contributed by atoms with E-state index in [1.165, 1.54) is 11.1 Å². The molecule has 0 saturated carbocycles. The topological polar surface area (TPSA) is 91.2 Å². The molecule has 0 aliphatic carbocycles. The molecule has 0 radical (unpaired) electrons. The maximum atomic E-state index is 12.4. The first-order valence-electron chi connectivity index (χ1n) is 11.3. The lowest BCUT2D eigenvalue weighted by molar-refractivity contribution is 0.141. The summed E-state index contributed by atoms with van der Waals surface area (Å²) in [7, 11) is -0.715. The van der Waals surface area contributed by atoms with E-state index in [1.807, 2.05) is 35.0 Å². The highest BCUT2D eigenvalue weighted by Gasteiger charge is 2.15. The number of nitrogens with one attached hydrogen (secondary N) is 1. The maximum Gasteiger partial charge on any atom is 0.320 e. The van der Waals surface area contributed by atoms with Crippen molar-refractivity contribution >= 4 is 47.4 Å². The van der Waals surface area contributed by atoms with Crippen LogP contribution in [0.15, 0.2) is 48.8 Å². The number of methoxy groups -OCH3 is 1. The van der Waals surface area contributed by atoms with E-state index in [1.54, 1.807) is 26.8 Å². The molecule has 9 heteroatoms. The third kappa shape index (κ3) is 5.78. The first-order chi connectivity index (χ1) is 16.8. The Morgan fingerprint density at radius 1 is 1.03 bits per heavy atom. The number of anilines is 2. The van der Waals surface area contributed by atoms with Gasteiger partial charge in [0, 0.05) is 24.3 Å². The van der Waals surface area contributed by atoms with Gasteiger partial charge >= 0.3 is 6.01 Å². The normalized spacial score (nSPS) is 11.9. The number of ether oxygens (including phenoxy) is 2. The molecule has 0 aliphatic rings. The molecule has 0 bridgehead atoms. The molecular formula is C26H30N5O3P. The summed E-state index contributed by atoms with van der Waals surface area (Å²) in [6, 6.07) is 13.9. The lowest BCUT2D eigenvalue weighted by Crippen LogP contribution is -2.08. The Balaban J connectivity index is 1.72. The molecule has 1 N–H and O–H groups in total. The molecule has 4 aromatic rings. The number of nitrogens with zero attached hydrogens (tertiary/aromatic N) is 4. The van der Waals surface area contributed by atoms with Crippen molar-refractivity contribution < 1.29 is 14.0 Å². The van der Waals surface area contributed by atoms with Crippen LogP contribution in [0.3, 0.4) is 0 Å². The van der Waals surface area contributed by atoms with Gasteiger partial charge in [0.2, 0.25) is 0 Å². The number of hydrogen-bond donors (Lipinski definition) is 1. The zero-order valence-corrected chi connectivity index (χ0v) is 21.5. The van der Waals surface area contributed by atoms with Gasteiger partial charge in [0.15, 0.2) is 17.0 Å². The number of aromatic nitrogens is 4. The quantitative estimate of drug-likeness (QED) is 0.258. The van der Waals surface area contributed by atoms with Crippen LogP contribution in [-0.4, -0.2) is 53.2 Å². The molecule has 0 saturated heterocycles. The van der Waals surface area contributed by atoms with Crippen molar-refractivity contribution in [3.05, 3.63) is 65.5 Å². The third-order valence-electron chi connectivity index (χ3n) is 5.62. The van der Waals surface area contributed by atoms with Gasteiger partial charge in [-0.1, -0.05) is 18.2 Å². The van der Waals surface area contributed by atoms with Crippen molar-refractivity contribution in [2.75, 3.05) is 39.0 Å². The number of hydrogen-bond acceptors (Lipinski definition) is 7. The lowest BCUT2D eigenvalue weighted by Gasteiger charge is -2.11. The molecule has 2 heterocycles. The van der Waals surface area contributed by atoms with E-state index in [0.29, 0.717) is 30.2 Å². The second-order valence-electron chi connectivity index (χ2n) is 8.66. The lowest BCUT2D eigenvalue weighted by atomic mass is 10.0. The number of rotatable bonds is 9. The van der Waals surface area contributed by atoms with Crippen LogP contribution in [0.4, 0.5) is 11.5 Å². The summed E-state index contributed by atoms with van der Waals surface area (Å²) in [4.78, 5) is 13.7. The fourth-order valence-electron chi connectivity index (χ4n) is 3.66. The minimum absolute atomic E-state index is 0.225. The van der Waals surface area contributed by atoms with Crippen LogP contribution < -0.4 is 15.4 Å². The van der Waals surface area contributed by atoms with Crippen molar-refractivity contribution in [2.45, 2.75) is 13.8 Å². The van der Waals surface area contributed by atoms with E-state index in [4.69, 9.17) is 9.47 Å². The predicted octanol–water partition coefficient (Wildman–Crippen LogP) is 5.09. The average Bonchev–Trinajstić information content (AvgIpc) is 3.22. The van der Waals surface area contributed by atoms with Crippen LogP contribution in [0.2, 0.25) is 0 Å². The Hall–Kier alpha value is -3.48. The Bertz CT molecular complexity index is 1390. The average molecular weight is 492 g/mol. The number of aryl methyl sites for hydroxylation is 2. The monoisotopic (exact) mass is 491 g/mol. The first kappa shape index (κ1) is 24.6. The Kier molecular flexibility index (Phi) is 7.34. The highest BCUT2D eigenvalue weighted by molar-refractivity contribution is 7.70. The van der Waals surface area contributed by atoms with Gasteiger partial charge in [0.25, 0.3) is 0 Å². The number of imidazole rings is 1. The molecule has 4 rings (SSSR count). The van der Waals surface area contributed by atoms with E-state index < -0.39 is 7.14 Å². The van der Waals surface area contributed by atoms with Crippen LogP contribution in [0.5, 0.6) is 6.01 Å². The van der Waals surface area contributed by atoms with Crippen molar-refractivity contribution in [1.82, 2.24) is 19.5 Å². The molecule has 0 atom stereocenters. The largest absolute Gasteiger partial charge is 0.461 e. The summed E-state index contributed by atoms with van der Waals surface area (Å²) in [5.41, 5.74) is 5.56. The maximum absolute atomic E-state index is 12.4. The van der Waals surface area contributed by atoms with Crippen molar-refractivity contribution in [1.29, 1.82) is 0 Å². The molecule has 0 unspecified atom stereocenters.